The standard InChI is InChI=1S/C15H11N5OS2/c16-11(21)7-23-15-19-18-13-12-10(9-4-2-1-3-5-9)6-22-14(12)17-8-20(13)15/h1-6,8H,7H2,(H2,16,21). The summed E-state index contributed by atoms with van der Waals surface area (Å²) in [5.74, 6) is -0.227. The Morgan fingerprint density at radius 2 is 2.09 bits per heavy atom. The van der Waals surface area contributed by atoms with Gasteiger partial charge in [0.1, 0.15) is 11.2 Å². The summed E-state index contributed by atoms with van der Waals surface area (Å²) in [6, 6.07) is 10.1. The summed E-state index contributed by atoms with van der Waals surface area (Å²) >= 11 is 2.83. The Balaban J connectivity index is 1.91. The minimum Gasteiger partial charge on any atom is -0.369 e. The molecule has 2 N–H and O–H groups in total. The van der Waals surface area contributed by atoms with Gasteiger partial charge in [-0.05, 0) is 5.56 Å². The van der Waals surface area contributed by atoms with Crippen LogP contribution < -0.4 is 5.73 Å². The maximum Gasteiger partial charge on any atom is 0.227 e. The fourth-order valence-corrected chi connectivity index (χ4v) is 3.94. The van der Waals surface area contributed by atoms with Gasteiger partial charge in [-0.15, -0.1) is 21.5 Å². The highest BCUT2D eigenvalue weighted by Crippen LogP contribution is 2.35. The molecular formula is C15H11N5OS2. The van der Waals surface area contributed by atoms with Gasteiger partial charge in [0, 0.05) is 10.9 Å². The first-order valence-corrected chi connectivity index (χ1v) is 8.68. The van der Waals surface area contributed by atoms with Crippen molar-refractivity contribution >= 4 is 44.9 Å². The molecule has 1 aromatic carbocycles. The van der Waals surface area contributed by atoms with Crippen LogP contribution in [0.25, 0.3) is 27.0 Å². The van der Waals surface area contributed by atoms with Crippen molar-refractivity contribution in [1.82, 2.24) is 19.6 Å². The first-order chi connectivity index (χ1) is 11.2. The number of aromatic nitrogens is 4. The van der Waals surface area contributed by atoms with Crippen LogP contribution in [0.1, 0.15) is 0 Å². The van der Waals surface area contributed by atoms with E-state index in [1.54, 1.807) is 22.1 Å². The lowest BCUT2D eigenvalue weighted by atomic mass is 10.1. The molecule has 0 spiro atoms. The topological polar surface area (TPSA) is 86.2 Å². The van der Waals surface area contributed by atoms with Crippen LogP contribution in [0.3, 0.4) is 0 Å². The van der Waals surface area contributed by atoms with Gasteiger partial charge in [-0.25, -0.2) is 4.98 Å². The molecule has 0 bridgehead atoms. The Morgan fingerprint density at radius 1 is 1.26 bits per heavy atom. The van der Waals surface area contributed by atoms with Crippen LogP contribution in [0.4, 0.5) is 0 Å². The Morgan fingerprint density at radius 3 is 2.87 bits per heavy atom. The predicted molar refractivity (Wildman–Crippen MR) is 91.5 cm³/mol. The van der Waals surface area contributed by atoms with E-state index in [0.29, 0.717) is 5.16 Å². The van der Waals surface area contributed by atoms with Crippen molar-refractivity contribution < 1.29 is 4.79 Å². The van der Waals surface area contributed by atoms with Crippen molar-refractivity contribution in [2.24, 2.45) is 5.73 Å². The van der Waals surface area contributed by atoms with Crippen LogP contribution in [0.2, 0.25) is 0 Å². The van der Waals surface area contributed by atoms with E-state index in [0.717, 1.165) is 27.0 Å². The van der Waals surface area contributed by atoms with E-state index >= 15 is 0 Å². The molecule has 0 aliphatic carbocycles. The molecule has 0 saturated carbocycles. The second-order valence-electron chi connectivity index (χ2n) is 4.87. The smallest absolute Gasteiger partial charge is 0.227 e. The number of thiophene rings is 1. The molecule has 0 fully saturated rings. The maximum absolute atomic E-state index is 11.0. The lowest BCUT2D eigenvalue weighted by molar-refractivity contribution is -0.115. The molecule has 23 heavy (non-hydrogen) atoms. The largest absolute Gasteiger partial charge is 0.369 e. The summed E-state index contributed by atoms with van der Waals surface area (Å²) in [6.07, 6.45) is 1.69. The van der Waals surface area contributed by atoms with Gasteiger partial charge in [0.15, 0.2) is 10.8 Å². The van der Waals surface area contributed by atoms with Gasteiger partial charge < -0.3 is 5.73 Å². The molecule has 3 aromatic heterocycles. The second-order valence-corrected chi connectivity index (χ2v) is 6.67. The summed E-state index contributed by atoms with van der Waals surface area (Å²) in [5, 5.41) is 12.1. The van der Waals surface area contributed by atoms with E-state index in [4.69, 9.17) is 5.73 Å². The van der Waals surface area contributed by atoms with E-state index in [-0.39, 0.29) is 11.7 Å². The molecule has 0 aliphatic heterocycles. The first kappa shape index (κ1) is 14.2. The highest BCUT2D eigenvalue weighted by Gasteiger charge is 2.16. The third kappa shape index (κ3) is 2.45. The van der Waals surface area contributed by atoms with Gasteiger partial charge in [-0.2, -0.15) is 0 Å². The third-order valence-corrected chi connectivity index (χ3v) is 5.23. The van der Waals surface area contributed by atoms with E-state index in [2.05, 4.69) is 32.7 Å². The van der Waals surface area contributed by atoms with E-state index < -0.39 is 0 Å². The molecule has 114 valence electrons. The number of thioether (sulfide) groups is 1. The van der Waals surface area contributed by atoms with Crippen molar-refractivity contribution in [3.05, 3.63) is 42.0 Å². The minimum absolute atomic E-state index is 0.161. The average molecular weight is 341 g/mol. The number of carbonyl (C=O) groups is 1. The Labute approximate surface area is 139 Å². The fraction of sp³-hybridized carbons (Fsp3) is 0.0667. The number of carbonyl (C=O) groups excluding carboxylic acids is 1. The van der Waals surface area contributed by atoms with Gasteiger partial charge >= 0.3 is 0 Å². The third-order valence-electron chi connectivity index (χ3n) is 3.38. The number of rotatable bonds is 4. The molecule has 6 nitrogen and oxygen atoms in total. The van der Waals surface area contributed by atoms with Crippen LogP contribution in [0.5, 0.6) is 0 Å². The quantitative estimate of drug-likeness (QED) is 0.577. The zero-order chi connectivity index (χ0) is 15.8. The number of hydrogen-bond donors (Lipinski definition) is 1. The van der Waals surface area contributed by atoms with Crippen molar-refractivity contribution in [2.75, 3.05) is 5.75 Å². The monoisotopic (exact) mass is 341 g/mol. The van der Waals surface area contributed by atoms with Gasteiger partial charge in [0.25, 0.3) is 0 Å². The van der Waals surface area contributed by atoms with Crippen LogP contribution in [0, 0.1) is 0 Å². The zero-order valence-corrected chi connectivity index (χ0v) is 13.5. The Bertz CT molecular complexity index is 1010. The van der Waals surface area contributed by atoms with Crippen molar-refractivity contribution in [3.63, 3.8) is 0 Å². The highest BCUT2D eigenvalue weighted by molar-refractivity contribution is 7.99. The SMILES string of the molecule is NC(=O)CSc1nnc2c3c(-c4ccccc4)csc3ncn12. The molecule has 4 aromatic rings. The Hall–Kier alpha value is -2.45. The maximum atomic E-state index is 11.0. The summed E-state index contributed by atoms with van der Waals surface area (Å²) in [5.41, 5.74) is 8.13. The number of primary amides is 1. The molecular weight excluding hydrogens is 330 g/mol. The predicted octanol–water partition coefficient (Wildman–Crippen LogP) is 2.58. The molecule has 4 rings (SSSR count). The van der Waals surface area contributed by atoms with Crippen molar-refractivity contribution in [2.45, 2.75) is 5.16 Å². The fourth-order valence-electron chi connectivity index (χ4n) is 2.38. The molecule has 0 radical (unpaired) electrons. The number of hydrogen-bond acceptors (Lipinski definition) is 6. The lowest BCUT2D eigenvalue weighted by Gasteiger charge is -2.01. The number of nitrogens with zero attached hydrogens (tertiary/aromatic N) is 4. The molecule has 1 amide bonds. The molecule has 8 heteroatoms. The van der Waals surface area contributed by atoms with Crippen LogP contribution in [-0.2, 0) is 4.79 Å². The number of amides is 1. The Kier molecular flexibility index (Phi) is 3.47. The van der Waals surface area contributed by atoms with Gasteiger partial charge in [0.2, 0.25) is 5.91 Å². The van der Waals surface area contributed by atoms with Crippen LogP contribution in [-0.4, -0.2) is 31.2 Å². The number of benzene rings is 1. The van der Waals surface area contributed by atoms with Gasteiger partial charge in [0.05, 0.1) is 11.1 Å². The summed E-state index contributed by atoms with van der Waals surface area (Å²) < 4.78 is 1.80. The molecule has 0 atom stereocenters. The second kappa shape index (κ2) is 5.64. The van der Waals surface area contributed by atoms with Gasteiger partial charge in [-0.1, -0.05) is 42.1 Å². The van der Waals surface area contributed by atoms with E-state index in [1.165, 1.54) is 11.8 Å². The van der Waals surface area contributed by atoms with Crippen molar-refractivity contribution in [1.29, 1.82) is 0 Å². The van der Waals surface area contributed by atoms with Crippen molar-refractivity contribution in [3.8, 4) is 11.1 Å². The van der Waals surface area contributed by atoms with Crippen LogP contribution >= 0.6 is 23.1 Å². The van der Waals surface area contributed by atoms with E-state index in [1.807, 2.05) is 18.2 Å². The van der Waals surface area contributed by atoms with Gasteiger partial charge in [-0.3, -0.25) is 9.20 Å². The molecule has 0 saturated heterocycles. The number of fused-ring (bicyclic) bond motifs is 3. The molecule has 0 unspecified atom stereocenters. The number of nitrogens with two attached hydrogens (primary N) is 1. The average Bonchev–Trinajstić information content (AvgIpc) is 3.17. The summed E-state index contributed by atoms with van der Waals surface area (Å²) in [6.45, 7) is 0. The minimum atomic E-state index is -0.388. The summed E-state index contributed by atoms with van der Waals surface area (Å²) in [7, 11) is 0. The lowest BCUT2D eigenvalue weighted by Crippen LogP contribution is -2.13. The first-order valence-electron chi connectivity index (χ1n) is 6.81. The van der Waals surface area contributed by atoms with E-state index in [9.17, 15) is 4.79 Å². The normalized spacial score (nSPS) is 11.3. The zero-order valence-electron chi connectivity index (χ0n) is 11.8. The molecule has 0 aliphatic rings. The summed E-state index contributed by atoms with van der Waals surface area (Å²) in [4.78, 5) is 16.4. The van der Waals surface area contributed by atoms with Crippen LogP contribution in [0.15, 0.2) is 47.2 Å². The molecule has 3 heterocycles. The highest BCUT2D eigenvalue weighted by atomic mass is 32.2.